The Morgan fingerprint density at radius 1 is 1.07 bits per heavy atom. The van der Waals surface area contributed by atoms with E-state index in [1.807, 2.05) is 18.2 Å². The van der Waals surface area contributed by atoms with Crippen LogP contribution < -0.4 is 19.6 Å². The zero-order valence-electron chi connectivity index (χ0n) is 18.0. The molecule has 0 fully saturated rings. The highest BCUT2D eigenvalue weighted by atomic mass is 16.5. The lowest BCUT2D eigenvalue weighted by molar-refractivity contribution is 0.171. The number of hydrogen-bond donors (Lipinski definition) is 1. The maximum absolute atomic E-state index is 11.0. The fraction of sp³-hybridized carbons (Fsp3) is 0.391. The van der Waals surface area contributed by atoms with E-state index in [1.54, 1.807) is 19.2 Å². The van der Waals surface area contributed by atoms with Gasteiger partial charge in [0.1, 0.15) is 5.75 Å². The lowest BCUT2D eigenvalue weighted by Gasteiger charge is -2.12. The van der Waals surface area contributed by atoms with Crippen LogP contribution in [-0.2, 0) is 4.74 Å². The summed E-state index contributed by atoms with van der Waals surface area (Å²) in [7, 11) is 2.84. The quantitative estimate of drug-likeness (QED) is 0.326. The predicted molar refractivity (Wildman–Crippen MR) is 117 cm³/mol. The van der Waals surface area contributed by atoms with Gasteiger partial charge in [0.2, 0.25) is 0 Å². The first-order valence-electron chi connectivity index (χ1n) is 9.98. The van der Waals surface area contributed by atoms with Gasteiger partial charge in [-0.1, -0.05) is 26.0 Å². The van der Waals surface area contributed by atoms with Gasteiger partial charge in [0.05, 0.1) is 33.6 Å². The molecule has 1 atom stereocenters. The SMILES string of the molecule is CCC(C)c1ccc(OCCCOc2ccc(C=NNC(=O)OC)cc2OC)cc1. The van der Waals surface area contributed by atoms with Crippen LogP contribution in [0.3, 0.4) is 0 Å². The molecule has 0 aliphatic rings. The molecule has 1 amide bonds. The molecule has 7 heteroatoms. The van der Waals surface area contributed by atoms with Gasteiger partial charge in [-0.25, -0.2) is 10.2 Å². The monoisotopic (exact) mass is 414 g/mol. The summed E-state index contributed by atoms with van der Waals surface area (Å²) in [5, 5.41) is 3.79. The van der Waals surface area contributed by atoms with Gasteiger partial charge in [-0.05, 0) is 53.8 Å². The van der Waals surface area contributed by atoms with Crippen molar-refractivity contribution in [2.24, 2.45) is 5.10 Å². The first-order valence-corrected chi connectivity index (χ1v) is 9.98. The third kappa shape index (κ3) is 7.31. The van der Waals surface area contributed by atoms with E-state index in [9.17, 15) is 4.79 Å². The van der Waals surface area contributed by atoms with Gasteiger partial charge in [-0.3, -0.25) is 0 Å². The molecule has 0 saturated carbocycles. The summed E-state index contributed by atoms with van der Waals surface area (Å²) in [5.74, 6) is 2.64. The smallest absolute Gasteiger partial charge is 0.427 e. The summed E-state index contributed by atoms with van der Waals surface area (Å²) >= 11 is 0. The Balaban J connectivity index is 1.78. The summed E-state index contributed by atoms with van der Waals surface area (Å²) in [6.07, 6.45) is 2.72. The third-order valence-corrected chi connectivity index (χ3v) is 4.62. The van der Waals surface area contributed by atoms with Crippen LogP contribution in [0.1, 0.15) is 43.7 Å². The van der Waals surface area contributed by atoms with E-state index in [1.165, 1.54) is 18.9 Å². The van der Waals surface area contributed by atoms with E-state index in [2.05, 4.69) is 41.2 Å². The van der Waals surface area contributed by atoms with Gasteiger partial charge in [0.15, 0.2) is 11.5 Å². The number of methoxy groups -OCH3 is 2. The second-order valence-electron chi connectivity index (χ2n) is 6.70. The average Bonchev–Trinajstić information content (AvgIpc) is 2.79. The maximum atomic E-state index is 11.0. The predicted octanol–water partition coefficient (Wildman–Crippen LogP) is 4.75. The largest absolute Gasteiger partial charge is 0.493 e. The van der Waals surface area contributed by atoms with E-state index in [0.717, 1.165) is 24.2 Å². The van der Waals surface area contributed by atoms with Crippen molar-refractivity contribution >= 4 is 12.3 Å². The molecule has 7 nitrogen and oxygen atoms in total. The van der Waals surface area contributed by atoms with Crippen LogP contribution in [-0.4, -0.2) is 39.7 Å². The van der Waals surface area contributed by atoms with E-state index in [-0.39, 0.29) is 0 Å². The number of hydrazone groups is 1. The lowest BCUT2D eigenvalue weighted by Crippen LogP contribution is -2.16. The topological polar surface area (TPSA) is 78.4 Å². The van der Waals surface area contributed by atoms with Crippen molar-refractivity contribution in [3.05, 3.63) is 53.6 Å². The highest BCUT2D eigenvalue weighted by molar-refractivity contribution is 5.82. The van der Waals surface area contributed by atoms with Gasteiger partial charge >= 0.3 is 6.09 Å². The van der Waals surface area contributed by atoms with Gasteiger partial charge in [0, 0.05) is 6.42 Å². The molecular formula is C23H30N2O5. The summed E-state index contributed by atoms with van der Waals surface area (Å²) in [4.78, 5) is 11.0. The van der Waals surface area contributed by atoms with Crippen LogP contribution in [0.5, 0.6) is 17.2 Å². The molecule has 0 aliphatic heterocycles. The Kier molecular flexibility index (Phi) is 9.51. The number of benzene rings is 2. The number of nitrogens with one attached hydrogen (secondary N) is 1. The van der Waals surface area contributed by atoms with E-state index in [0.29, 0.717) is 30.6 Å². The van der Waals surface area contributed by atoms with E-state index in [4.69, 9.17) is 14.2 Å². The van der Waals surface area contributed by atoms with E-state index < -0.39 is 6.09 Å². The second-order valence-corrected chi connectivity index (χ2v) is 6.70. The molecule has 2 aromatic rings. The van der Waals surface area contributed by atoms with Crippen LogP contribution in [0.25, 0.3) is 0 Å². The lowest BCUT2D eigenvalue weighted by atomic mass is 9.99. The van der Waals surface area contributed by atoms with Crippen LogP contribution in [0.15, 0.2) is 47.6 Å². The van der Waals surface area contributed by atoms with Crippen molar-refractivity contribution in [2.45, 2.75) is 32.6 Å². The molecule has 0 spiro atoms. The molecule has 0 aliphatic carbocycles. The van der Waals surface area contributed by atoms with Crippen molar-refractivity contribution in [1.82, 2.24) is 5.43 Å². The normalized spacial score (nSPS) is 11.7. The second kappa shape index (κ2) is 12.4. The Bertz CT molecular complexity index is 821. The minimum atomic E-state index is -0.633. The first-order chi connectivity index (χ1) is 14.6. The number of nitrogens with zero attached hydrogens (tertiary/aromatic N) is 1. The molecule has 0 aromatic heterocycles. The Morgan fingerprint density at radius 2 is 1.80 bits per heavy atom. The standard InChI is InChI=1S/C23H30N2O5/c1-5-17(2)19-8-10-20(11-9-19)29-13-6-14-30-21-12-7-18(15-22(21)27-3)16-24-25-23(26)28-4/h7-12,15-17H,5-6,13-14H2,1-4H3,(H,25,26). The first kappa shape index (κ1) is 23.1. The molecule has 0 bridgehead atoms. The number of amides is 1. The highest BCUT2D eigenvalue weighted by Gasteiger charge is 2.06. The van der Waals surface area contributed by atoms with Crippen LogP contribution in [0.4, 0.5) is 4.79 Å². The van der Waals surface area contributed by atoms with Gasteiger partial charge < -0.3 is 18.9 Å². The van der Waals surface area contributed by atoms with E-state index >= 15 is 0 Å². The average molecular weight is 415 g/mol. The van der Waals surface area contributed by atoms with Crippen molar-refractivity contribution < 1.29 is 23.7 Å². The van der Waals surface area contributed by atoms with Crippen molar-refractivity contribution in [3.8, 4) is 17.2 Å². The Morgan fingerprint density at radius 3 is 2.47 bits per heavy atom. The number of hydrogen-bond acceptors (Lipinski definition) is 6. The van der Waals surface area contributed by atoms with Gasteiger partial charge in [-0.2, -0.15) is 5.10 Å². The number of ether oxygens (including phenoxy) is 4. The fourth-order valence-corrected chi connectivity index (χ4v) is 2.65. The molecule has 30 heavy (non-hydrogen) atoms. The third-order valence-electron chi connectivity index (χ3n) is 4.62. The highest BCUT2D eigenvalue weighted by Crippen LogP contribution is 2.27. The van der Waals surface area contributed by atoms with Crippen LogP contribution in [0, 0.1) is 0 Å². The molecular weight excluding hydrogens is 384 g/mol. The zero-order chi connectivity index (χ0) is 21.8. The molecule has 0 heterocycles. The molecule has 0 radical (unpaired) electrons. The van der Waals surface area contributed by atoms with Gasteiger partial charge in [-0.15, -0.1) is 0 Å². The molecule has 2 aromatic carbocycles. The molecule has 1 unspecified atom stereocenters. The molecule has 162 valence electrons. The minimum Gasteiger partial charge on any atom is -0.493 e. The fourth-order valence-electron chi connectivity index (χ4n) is 2.65. The summed E-state index contributed by atoms with van der Waals surface area (Å²) in [5.41, 5.74) is 4.31. The van der Waals surface area contributed by atoms with Crippen molar-refractivity contribution in [3.63, 3.8) is 0 Å². The Hall–Kier alpha value is -3.22. The summed E-state index contributed by atoms with van der Waals surface area (Å²) < 4.78 is 21.4. The minimum absolute atomic E-state index is 0.499. The number of rotatable bonds is 11. The summed E-state index contributed by atoms with van der Waals surface area (Å²) in [6.45, 7) is 5.47. The zero-order valence-corrected chi connectivity index (χ0v) is 18.0. The Labute approximate surface area is 178 Å². The van der Waals surface area contributed by atoms with Crippen LogP contribution in [0.2, 0.25) is 0 Å². The van der Waals surface area contributed by atoms with Gasteiger partial charge in [0.25, 0.3) is 0 Å². The maximum Gasteiger partial charge on any atom is 0.427 e. The van der Waals surface area contributed by atoms with Crippen LogP contribution >= 0.6 is 0 Å². The number of carbonyl (C=O) groups excluding carboxylic acids is 1. The molecule has 2 rings (SSSR count). The number of carbonyl (C=O) groups is 1. The summed E-state index contributed by atoms with van der Waals surface area (Å²) in [6, 6.07) is 13.7. The van der Waals surface area contributed by atoms with Crippen molar-refractivity contribution in [1.29, 1.82) is 0 Å². The molecule has 0 saturated heterocycles. The molecule has 1 N–H and O–H groups in total. The van der Waals surface area contributed by atoms with Crippen molar-refractivity contribution in [2.75, 3.05) is 27.4 Å².